The van der Waals surface area contributed by atoms with E-state index in [2.05, 4.69) is 58.8 Å². The predicted molar refractivity (Wildman–Crippen MR) is 114 cm³/mol. The molecule has 0 bridgehead atoms. The van der Waals surface area contributed by atoms with Crippen LogP contribution >= 0.6 is 0 Å². The Labute approximate surface area is 165 Å². The second-order valence-electron chi connectivity index (χ2n) is 7.62. The van der Waals surface area contributed by atoms with Crippen LogP contribution in [0.5, 0.6) is 0 Å². The van der Waals surface area contributed by atoms with Crippen molar-refractivity contribution in [3.63, 3.8) is 0 Å². The average Bonchev–Trinajstić information content (AvgIpc) is 2.92. The van der Waals surface area contributed by atoms with Gasteiger partial charge in [0.25, 0.3) is 0 Å². The summed E-state index contributed by atoms with van der Waals surface area (Å²) in [6, 6.07) is 19.3. The molecule has 2 heterocycles. The third kappa shape index (κ3) is 3.31. The summed E-state index contributed by atoms with van der Waals surface area (Å²) in [4.78, 5) is 14.5. The molecule has 3 aromatic rings. The first-order valence-corrected chi connectivity index (χ1v) is 10.2. The van der Waals surface area contributed by atoms with Crippen molar-refractivity contribution < 1.29 is 0 Å². The topological polar surface area (TPSA) is 50.2 Å². The van der Waals surface area contributed by atoms with Crippen molar-refractivity contribution in [3.8, 4) is 11.3 Å². The highest BCUT2D eigenvalue weighted by Crippen LogP contribution is 2.32. The first-order valence-electron chi connectivity index (χ1n) is 10.2. The van der Waals surface area contributed by atoms with E-state index in [-0.39, 0.29) is 0 Å². The van der Waals surface area contributed by atoms with E-state index in [4.69, 9.17) is 9.98 Å². The van der Waals surface area contributed by atoms with Gasteiger partial charge in [0.15, 0.2) is 0 Å². The van der Waals surface area contributed by atoms with Gasteiger partial charge in [0, 0.05) is 34.5 Å². The van der Waals surface area contributed by atoms with Gasteiger partial charge in [0.2, 0.25) is 5.95 Å². The fourth-order valence-electron chi connectivity index (χ4n) is 4.24. The Kier molecular flexibility index (Phi) is 4.61. The van der Waals surface area contributed by atoms with E-state index in [0.717, 1.165) is 39.6 Å². The molecule has 2 aromatic carbocycles. The molecule has 0 unspecified atom stereocenters. The largest absolute Gasteiger partial charge is 0.351 e. The Hall–Kier alpha value is -3.01. The molecule has 4 heteroatoms. The van der Waals surface area contributed by atoms with Gasteiger partial charge in [-0.1, -0.05) is 73.9 Å². The zero-order valence-corrected chi connectivity index (χ0v) is 15.9. The molecule has 1 aromatic heterocycles. The zero-order chi connectivity index (χ0) is 18.8. The summed E-state index contributed by atoms with van der Waals surface area (Å²) in [6.07, 6.45) is 8.29. The maximum Gasteiger partial charge on any atom is 0.223 e. The lowest BCUT2D eigenvalue weighted by Gasteiger charge is -2.23. The second-order valence-corrected chi connectivity index (χ2v) is 7.62. The van der Waals surface area contributed by atoms with Gasteiger partial charge in [-0.05, 0) is 12.8 Å². The maximum absolute atomic E-state index is 4.94. The van der Waals surface area contributed by atoms with Crippen molar-refractivity contribution in [1.29, 1.82) is 0 Å². The fourth-order valence-corrected chi connectivity index (χ4v) is 4.24. The normalized spacial score (nSPS) is 16.5. The maximum atomic E-state index is 4.94. The van der Waals surface area contributed by atoms with Crippen LogP contribution in [0.2, 0.25) is 0 Å². The van der Waals surface area contributed by atoms with Gasteiger partial charge in [0.1, 0.15) is 0 Å². The van der Waals surface area contributed by atoms with Crippen LogP contribution in [0.4, 0.5) is 5.95 Å². The highest BCUT2D eigenvalue weighted by molar-refractivity contribution is 6.16. The molecule has 1 aliphatic heterocycles. The number of nitrogens with one attached hydrogen (secondary N) is 1. The average molecular weight is 368 g/mol. The van der Waals surface area contributed by atoms with Crippen LogP contribution in [-0.2, 0) is 6.54 Å². The molecule has 140 valence electrons. The fraction of sp³-hybridized carbons (Fsp3) is 0.292. The monoisotopic (exact) mass is 368 g/mol. The van der Waals surface area contributed by atoms with E-state index in [0.29, 0.717) is 12.6 Å². The van der Waals surface area contributed by atoms with E-state index in [1.165, 1.54) is 32.1 Å². The Bertz CT molecular complexity index is 1000. The van der Waals surface area contributed by atoms with Gasteiger partial charge < -0.3 is 5.32 Å². The summed E-state index contributed by atoms with van der Waals surface area (Å²) >= 11 is 0. The molecule has 28 heavy (non-hydrogen) atoms. The van der Waals surface area contributed by atoms with Crippen LogP contribution in [0.1, 0.15) is 48.8 Å². The Morgan fingerprint density at radius 1 is 0.821 bits per heavy atom. The molecule has 0 radical (unpaired) electrons. The summed E-state index contributed by atoms with van der Waals surface area (Å²) < 4.78 is 0. The molecular weight excluding hydrogens is 344 g/mol. The van der Waals surface area contributed by atoms with Crippen LogP contribution in [0, 0.1) is 0 Å². The number of benzene rings is 2. The van der Waals surface area contributed by atoms with Crippen molar-refractivity contribution in [2.75, 3.05) is 5.32 Å². The van der Waals surface area contributed by atoms with Crippen molar-refractivity contribution in [2.24, 2.45) is 4.99 Å². The molecule has 0 atom stereocenters. The predicted octanol–water partition coefficient (Wildman–Crippen LogP) is 5.24. The Morgan fingerprint density at radius 2 is 1.57 bits per heavy atom. The SMILES string of the molecule is c1ccc(C2=NCc3cnc(NC4CCCCC4)nc3-c3ccccc32)cc1. The van der Waals surface area contributed by atoms with E-state index in [1.54, 1.807) is 0 Å². The summed E-state index contributed by atoms with van der Waals surface area (Å²) in [5.41, 5.74) is 6.50. The summed E-state index contributed by atoms with van der Waals surface area (Å²) in [6.45, 7) is 0.595. The lowest BCUT2D eigenvalue weighted by molar-refractivity contribution is 0.461. The second kappa shape index (κ2) is 7.55. The Balaban J connectivity index is 1.55. The number of hydrogen-bond donors (Lipinski definition) is 1. The highest BCUT2D eigenvalue weighted by Gasteiger charge is 2.21. The first-order chi connectivity index (χ1) is 13.9. The molecular formula is C24H24N4. The van der Waals surface area contributed by atoms with Crippen LogP contribution in [0.25, 0.3) is 11.3 Å². The number of nitrogens with zero attached hydrogens (tertiary/aromatic N) is 3. The molecule has 1 N–H and O–H groups in total. The third-order valence-electron chi connectivity index (χ3n) is 5.69. The number of hydrogen-bond acceptors (Lipinski definition) is 4. The van der Waals surface area contributed by atoms with E-state index in [9.17, 15) is 0 Å². The molecule has 1 aliphatic carbocycles. The van der Waals surface area contributed by atoms with Crippen LogP contribution in [-0.4, -0.2) is 21.7 Å². The lowest BCUT2D eigenvalue weighted by Crippen LogP contribution is -2.23. The minimum Gasteiger partial charge on any atom is -0.351 e. The van der Waals surface area contributed by atoms with Gasteiger partial charge in [-0.3, -0.25) is 4.99 Å². The minimum absolute atomic E-state index is 0.490. The lowest BCUT2D eigenvalue weighted by atomic mass is 9.95. The van der Waals surface area contributed by atoms with E-state index >= 15 is 0 Å². The molecule has 1 fully saturated rings. The quantitative estimate of drug-likeness (QED) is 0.688. The summed E-state index contributed by atoms with van der Waals surface area (Å²) in [5.74, 6) is 0.739. The van der Waals surface area contributed by atoms with E-state index in [1.807, 2.05) is 12.3 Å². The highest BCUT2D eigenvalue weighted by atomic mass is 15.1. The number of rotatable bonds is 3. The first kappa shape index (κ1) is 17.1. The summed E-state index contributed by atoms with van der Waals surface area (Å²) in [7, 11) is 0. The number of aromatic nitrogens is 2. The standard InChI is InChI=1S/C24H24N4/c1-3-9-17(10-4-1)22-20-13-7-8-14-21(20)23-18(15-25-22)16-26-24(28-23)27-19-11-5-2-6-12-19/h1,3-4,7-10,13-14,16,19H,2,5-6,11-12,15H2,(H,26,27,28). The van der Waals surface area contributed by atoms with Gasteiger partial charge in [-0.15, -0.1) is 0 Å². The van der Waals surface area contributed by atoms with Crippen LogP contribution < -0.4 is 5.32 Å². The van der Waals surface area contributed by atoms with Crippen LogP contribution in [0.15, 0.2) is 65.8 Å². The van der Waals surface area contributed by atoms with Gasteiger partial charge in [-0.25, -0.2) is 9.97 Å². The Morgan fingerprint density at radius 3 is 2.39 bits per heavy atom. The van der Waals surface area contributed by atoms with Gasteiger partial charge in [0.05, 0.1) is 18.0 Å². The third-order valence-corrected chi connectivity index (χ3v) is 5.69. The molecule has 0 spiro atoms. The van der Waals surface area contributed by atoms with Gasteiger partial charge in [-0.2, -0.15) is 0 Å². The smallest absolute Gasteiger partial charge is 0.223 e. The molecule has 2 aliphatic rings. The van der Waals surface area contributed by atoms with Crippen LogP contribution in [0.3, 0.4) is 0 Å². The molecule has 0 saturated heterocycles. The molecule has 4 nitrogen and oxygen atoms in total. The number of anilines is 1. The van der Waals surface area contributed by atoms with Crippen molar-refractivity contribution >= 4 is 11.7 Å². The molecule has 5 rings (SSSR count). The van der Waals surface area contributed by atoms with Crippen molar-refractivity contribution in [1.82, 2.24) is 9.97 Å². The van der Waals surface area contributed by atoms with Crippen molar-refractivity contribution in [3.05, 3.63) is 77.5 Å². The number of aliphatic imine (C=N–C) groups is 1. The molecule has 0 amide bonds. The van der Waals surface area contributed by atoms with Crippen molar-refractivity contribution in [2.45, 2.75) is 44.7 Å². The molecule has 1 saturated carbocycles. The van der Waals surface area contributed by atoms with E-state index < -0.39 is 0 Å². The summed E-state index contributed by atoms with van der Waals surface area (Å²) in [5, 5.41) is 3.57. The zero-order valence-electron chi connectivity index (χ0n) is 15.9. The van der Waals surface area contributed by atoms with Gasteiger partial charge >= 0.3 is 0 Å². The number of fused-ring (bicyclic) bond motifs is 3. The minimum atomic E-state index is 0.490.